The minimum atomic E-state index is -3.98. The summed E-state index contributed by atoms with van der Waals surface area (Å²) in [6.45, 7) is 15.2. The Balaban J connectivity index is 1.19. The van der Waals surface area contributed by atoms with Crippen LogP contribution in [0.5, 0.6) is 5.75 Å². The highest BCUT2D eigenvalue weighted by molar-refractivity contribution is 7.90. The van der Waals surface area contributed by atoms with E-state index in [1.165, 1.54) is 11.1 Å². The number of halogens is 1. The van der Waals surface area contributed by atoms with E-state index in [9.17, 15) is 13.2 Å². The predicted octanol–water partition coefficient (Wildman–Crippen LogP) is 6.46. The van der Waals surface area contributed by atoms with Gasteiger partial charge in [0, 0.05) is 68.4 Å². The highest BCUT2D eigenvalue weighted by atomic mass is 35.5. The van der Waals surface area contributed by atoms with Crippen LogP contribution in [0.25, 0.3) is 0 Å². The number of piperazine rings is 1. The van der Waals surface area contributed by atoms with Crippen LogP contribution in [-0.2, 0) is 31.3 Å². The highest BCUT2D eigenvalue weighted by Crippen LogP contribution is 2.49. The molecule has 1 spiro atoms. The van der Waals surface area contributed by atoms with E-state index in [2.05, 4.69) is 50.6 Å². The molecule has 6 aliphatic rings. The van der Waals surface area contributed by atoms with Gasteiger partial charge in [0.15, 0.2) is 0 Å². The molecule has 2 bridgehead atoms. The Bertz CT molecular complexity index is 1880. The molecule has 10 nitrogen and oxygen atoms in total. The van der Waals surface area contributed by atoms with E-state index in [1.54, 1.807) is 6.07 Å². The zero-order valence-electron chi connectivity index (χ0n) is 33.5. The van der Waals surface area contributed by atoms with E-state index < -0.39 is 26.8 Å². The number of carbonyl (C=O) groups is 1. The summed E-state index contributed by atoms with van der Waals surface area (Å²) in [5, 5.41) is 0.0387. The van der Waals surface area contributed by atoms with Crippen molar-refractivity contribution in [2.75, 3.05) is 77.1 Å². The molecule has 1 amide bonds. The van der Waals surface area contributed by atoms with Gasteiger partial charge in [-0.3, -0.25) is 14.6 Å². The van der Waals surface area contributed by atoms with Crippen molar-refractivity contribution in [3.05, 3.63) is 70.3 Å². The molecule has 8 rings (SSSR count). The fraction of sp³-hybridized carbons (Fsp3) is 0.659. The lowest BCUT2D eigenvalue weighted by Crippen LogP contribution is -2.61. The number of allylic oxidation sites excluding steroid dienone is 1. The quantitative estimate of drug-likeness (QED) is 0.317. The summed E-state index contributed by atoms with van der Waals surface area (Å²) in [5.41, 5.74) is 2.94. The largest absolute Gasteiger partial charge is 0.490 e. The standard InChI is InChI=1S/C44H61ClN4O6S/c1-4-8-41-31(3)9-6-18-44(55-5-2,29-47-19-21-48(22-20-47)36-26-53-27-36)38-14-11-34(38)25-49-28-43(17-7-10-32-23-35(45)13-15-37(32)43)30-54-40-16-12-33(24-39(40)49)42(50)46-56(41,51)52/h6,12-13,15-16,18,23-24,31,34,36,38,41H,4-5,7-11,14,17,19-22,25-30H2,1-3H3,(H,46,50)/b18-6+/t31-,34-,38+,41+,43-,44-/m0/s1. The first-order chi connectivity index (χ1) is 27.0. The number of rotatable bonds is 7. The molecule has 6 atom stereocenters. The van der Waals surface area contributed by atoms with E-state index in [0.29, 0.717) is 50.0 Å². The zero-order valence-corrected chi connectivity index (χ0v) is 35.1. The maximum Gasteiger partial charge on any atom is 0.264 e. The van der Waals surface area contributed by atoms with Crippen molar-refractivity contribution in [2.24, 2.45) is 17.8 Å². The number of sulfonamides is 1. The van der Waals surface area contributed by atoms with Gasteiger partial charge in [-0.25, -0.2) is 13.1 Å². The molecule has 1 saturated carbocycles. The van der Waals surface area contributed by atoms with Crippen LogP contribution in [-0.4, -0.2) is 113 Å². The third-order valence-corrected chi connectivity index (χ3v) is 16.2. The number of anilines is 1. The Morgan fingerprint density at radius 1 is 1.05 bits per heavy atom. The monoisotopic (exact) mass is 808 g/mol. The summed E-state index contributed by atoms with van der Waals surface area (Å²) in [6.07, 6.45) is 11.4. The second-order valence-corrected chi connectivity index (χ2v) is 19.9. The number of benzene rings is 2. The topological polar surface area (TPSA) is 101 Å². The molecular formula is C44H61ClN4O6S. The molecule has 4 aliphatic heterocycles. The lowest BCUT2D eigenvalue weighted by molar-refractivity contribution is -0.119. The third-order valence-electron chi connectivity index (χ3n) is 14.0. The van der Waals surface area contributed by atoms with Gasteiger partial charge in [0.25, 0.3) is 5.91 Å². The van der Waals surface area contributed by atoms with Crippen LogP contribution in [0.4, 0.5) is 5.69 Å². The van der Waals surface area contributed by atoms with Crippen molar-refractivity contribution < 1.29 is 27.4 Å². The molecular weight excluding hydrogens is 748 g/mol. The Morgan fingerprint density at radius 2 is 1.88 bits per heavy atom. The summed E-state index contributed by atoms with van der Waals surface area (Å²) in [7, 11) is -3.98. The lowest BCUT2D eigenvalue weighted by Gasteiger charge is -2.53. The van der Waals surface area contributed by atoms with Gasteiger partial charge in [-0.1, -0.05) is 50.1 Å². The lowest BCUT2D eigenvalue weighted by atomic mass is 9.63. The number of fused-ring (bicyclic) bond motifs is 4. The summed E-state index contributed by atoms with van der Waals surface area (Å²) in [5.74, 6) is 0.536. The number of carbonyl (C=O) groups excluding carboxylic acids is 1. The van der Waals surface area contributed by atoms with Crippen molar-refractivity contribution in [3.63, 3.8) is 0 Å². The first-order valence-electron chi connectivity index (χ1n) is 21.3. The van der Waals surface area contributed by atoms with E-state index in [1.807, 2.05) is 32.0 Å². The SMILES string of the molecule is CCC[C@@H]1[C@@H](C)C/C=C/[C@@](CN2CCN(C3COC3)CC2)(OCC)[C@@H]2CC[C@H]2CN2C[C@@]3(CCCc4cc(Cl)ccc43)COc3ccc(cc32)C(=O)NS1(=O)=O. The average molecular weight is 810 g/mol. The molecule has 3 fully saturated rings. The molecule has 12 heteroatoms. The van der Waals surface area contributed by atoms with Crippen molar-refractivity contribution >= 4 is 33.2 Å². The van der Waals surface area contributed by atoms with Gasteiger partial charge in [-0.15, -0.1) is 0 Å². The molecule has 2 saturated heterocycles. The Labute approximate surface area is 339 Å². The van der Waals surface area contributed by atoms with Gasteiger partial charge in [0.1, 0.15) is 11.4 Å². The Morgan fingerprint density at radius 3 is 2.59 bits per heavy atom. The number of amides is 1. The fourth-order valence-corrected chi connectivity index (χ4v) is 12.7. The maximum absolute atomic E-state index is 14.1. The van der Waals surface area contributed by atoms with Gasteiger partial charge >= 0.3 is 0 Å². The molecule has 4 heterocycles. The van der Waals surface area contributed by atoms with Crippen LogP contribution in [0.15, 0.2) is 48.6 Å². The fourth-order valence-electron chi connectivity index (χ4n) is 10.7. The van der Waals surface area contributed by atoms with Gasteiger partial charge in [0.2, 0.25) is 10.0 Å². The van der Waals surface area contributed by atoms with Crippen LogP contribution in [0.3, 0.4) is 0 Å². The smallest absolute Gasteiger partial charge is 0.264 e. The zero-order chi connectivity index (χ0) is 39.1. The predicted molar refractivity (Wildman–Crippen MR) is 221 cm³/mol. The van der Waals surface area contributed by atoms with E-state index in [4.69, 9.17) is 25.8 Å². The molecule has 1 N–H and O–H groups in total. The van der Waals surface area contributed by atoms with Crippen LogP contribution >= 0.6 is 11.6 Å². The van der Waals surface area contributed by atoms with Crippen molar-refractivity contribution in [1.82, 2.24) is 14.5 Å². The van der Waals surface area contributed by atoms with Crippen molar-refractivity contribution in [2.45, 2.75) is 94.4 Å². The van der Waals surface area contributed by atoms with E-state index >= 15 is 0 Å². The number of nitrogens with zero attached hydrogens (tertiary/aromatic N) is 3. The second-order valence-electron chi connectivity index (χ2n) is 17.5. The van der Waals surface area contributed by atoms with Crippen LogP contribution in [0.1, 0.15) is 87.2 Å². The number of hydrogen-bond donors (Lipinski definition) is 1. The number of ether oxygens (including phenoxy) is 3. The van der Waals surface area contributed by atoms with Crippen molar-refractivity contribution in [3.8, 4) is 5.75 Å². The first kappa shape index (κ1) is 40.1. The minimum Gasteiger partial charge on any atom is -0.490 e. The summed E-state index contributed by atoms with van der Waals surface area (Å²) >= 11 is 6.53. The summed E-state index contributed by atoms with van der Waals surface area (Å²) in [6, 6.07) is 12.3. The van der Waals surface area contributed by atoms with Gasteiger partial charge in [-0.2, -0.15) is 0 Å². The molecule has 56 heavy (non-hydrogen) atoms. The normalized spacial score (nSPS) is 33.2. The molecule has 0 aromatic heterocycles. The number of aryl methyl sites for hydroxylation is 1. The van der Waals surface area contributed by atoms with Gasteiger partial charge < -0.3 is 19.1 Å². The minimum absolute atomic E-state index is 0.200. The highest BCUT2D eigenvalue weighted by Gasteiger charge is 2.50. The molecule has 2 aromatic carbocycles. The maximum atomic E-state index is 14.1. The molecule has 2 aromatic rings. The summed E-state index contributed by atoms with van der Waals surface area (Å²) < 4.78 is 49.9. The van der Waals surface area contributed by atoms with E-state index in [-0.39, 0.29) is 17.3 Å². The van der Waals surface area contributed by atoms with E-state index in [0.717, 1.165) is 108 Å². The summed E-state index contributed by atoms with van der Waals surface area (Å²) in [4.78, 5) is 21.5. The van der Waals surface area contributed by atoms with Crippen LogP contribution < -0.4 is 14.4 Å². The number of hydrogen-bond acceptors (Lipinski definition) is 9. The van der Waals surface area contributed by atoms with Crippen LogP contribution in [0, 0.1) is 17.8 Å². The molecule has 2 aliphatic carbocycles. The first-order valence-corrected chi connectivity index (χ1v) is 23.2. The molecule has 306 valence electrons. The van der Waals surface area contributed by atoms with Gasteiger partial charge in [-0.05, 0) is 111 Å². The van der Waals surface area contributed by atoms with Gasteiger partial charge in [0.05, 0.1) is 36.8 Å². The van der Waals surface area contributed by atoms with Crippen LogP contribution in [0.2, 0.25) is 5.02 Å². The van der Waals surface area contributed by atoms with Crippen molar-refractivity contribution in [1.29, 1.82) is 0 Å². The third kappa shape index (κ3) is 7.90. The Hall–Kier alpha value is -2.67. The second kappa shape index (κ2) is 16.5. The Kier molecular flexibility index (Phi) is 11.8. The molecule has 0 unspecified atom stereocenters. The molecule has 0 radical (unpaired) electrons. The number of nitrogens with one attached hydrogen (secondary N) is 1. The average Bonchev–Trinajstić information content (AvgIpc) is 3.28.